The van der Waals surface area contributed by atoms with Gasteiger partial charge in [0.15, 0.2) is 11.6 Å². The van der Waals surface area contributed by atoms with Crippen molar-refractivity contribution in [2.75, 3.05) is 19.5 Å². The minimum absolute atomic E-state index is 0.205. The van der Waals surface area contributed by atoms with Crippen molar-refractivity contribution >= 4 is 22.2 Å². The highest BCUT2D eigenvalue weighted by atomic mass is 19.1. The Labute approximate surface area is 130 Å². The van der Waals surface area contributed by atoms with Gasteiger partial charge >= 0.3 is 0 Å². The van der Waals surface area contributed by atoms with Gasteiger partial charge in [0.2, 0.25) is 0 Å². The highest BCUT2D eigenvalue weighted by Gasteiger charge is 2.18. The van der Waals surface area contributed by atoms with Gasteiger partial charge in [0.1, 0.15) is 5.82 Å². The van der Waals surface area contributed by atoms with Crippen molar-refractivity contribution in [3.05, 3.63) is 42.5 Å². The molecule has 2 N–H and O–H groups in total. The van der Waals surface area contributed by atoms with Gasteiger partial charge in [-0.15, -0.1) is 0 Å². The molecule has 116 valence electrons. The lowest BCUT2D eigenvalue weighted by Crippen LogP contribution is -1.94. The third-order valence-electron chi connectivity index (χ3n) is 3.87. The monoisotopic (exact) mass is 311 g/mol. The lowest BCUT2D eigenvalue weighted by Gasteiger charge is -2.11. The van der Waals surface area contributed by atoms with Crippen molar-refractivity contribution in [1.82, 2.24) is 19.8 Å². The molecule has 0 aliphatic rings. The molecule has 0 unspecified atom stereocenters. The van der Waals surface area contributed by atoms with Crippen molar-refractivity contribution in [2.45, 2.75) is 0 Å². The third-order valence-corrected chi connectivity index (χ3v) is 3.87. The number of fused-ring (bicyclic) bond motifs is 2. The maximum atomic E-state index is 14.3. The maximum absolute atomic E-state index is 14.3. The average Bonchev–Trinajstić information content (AvgIpc) is 3.18. The van der Waals surface area contributed by atoms with E-state index in [1.54, 1.807) is 10.7 Å². The molecule has 0 amide bonds. The molecule has 23 heavy (non-hydrogen) atoms. The summed E-state index contributed by atoms with van der Waals surface area (Å²) in [7, 11) is 3.28. The third kappa shape index (κ3) is 2.01. The number of hydrogen-bond acceptors (Lipinski definition) is 4. The fourth-order valence-corrected chi connectivity index (χ4v) is 2.80. The van der Waals surface area contributed by atoms with Crippen LogP contribution < -0.4 is 10.1 Å². The molecule has 0 bridgehead atoms. The largest absolute Gasteiger partial charge is 0.493 e. The lowest BCUT2D eigenvalue weighted by molar-refractivity contribution is 0.389. The predicted molar refractivity (Wildman–Crippen MR) is 86.3 cm³/mol. The number of aromatic nitrogens is 4. The first-order valence-electron chi connectivity index (χ1n) is 7.08. The Morgan fingerprint density at radius 3 is 2.96 bits per heavy atom. The van der Waals surface area contributed by atoms with E-state index in [9.17, 15) is 4.39 Å². The van der Waals surface area contributed by atoms with Crippen LogP contribution in [0.3, 0.4) is 0 Å². The van der Waals surface area contributed by atoms with E-state index < -0.39 is 5.82 Å². The van der Waals surface area contributed by atoms with E-state index in [2.05, 4.69) is 20.6 Å². The second-order valence-electron chi connectivity index (χ2n) is 5.16. The molecule has 3 heterocycles. The van der Waals surface area contributed by atoms with E-state index in [-0.39, 0.29) is 5.75 Å². The Hall–Kier alpha value is -3.09. The number of aromatic amines is 1. The molecule has 0 spiro atoms. The minimum Gasteiger partial charge on any atom is -0.493 e. The van der Waals surface area contributed by atoms with E-state index in [1.807, 2.05) is 31.4 Å². The zero-order chi connectivity index (χ0) is 16.0. The summed E-state index contributed by atoms with van der Waals surface area (Å²) in [5, 5.41) is 15.0. The molecule has 4 rings (SSSR count). The SMILES string of the molecule is CNc1cc2cc(-c3c(OC)c(F)cc4[nH]ncc34)ccn2n1. The van der Waals surface area contributed by atoms with Crippen LogP contribution in [0.25, 0.3) is 27.5 Å². The molecule has 0 atom stereocenters. The first kappa shape index (κ1) is 13.6. The summed E-state index contributed by atoms with van der Waals surface area (Å²) < 4.78 is 21.4. The van der Waals surface area contributed by atoms with Gasteiger partial charge in [0.05, 0.1) is 24.3 Å². The van der Waals surface area contributed by atoms with Crippen LogP contribution in [0.15, 0.2) is 36.7 Å². The molecule has 0 radical (unpaired) electrons. The van der Waals surface area contributed by atoms with Crippen LogP contribution in [-0.4, -0.2) is 34.0 Å². The lowest BCUT2D eigenvalue weighted by atomic mass is 10.0. The summed E-state index contributed by atoms with van der Waals surface area (Å²) in [4.78, 5) is 0. The smallest absolute Gasteiger partial charge is 0.167 e. The summed E-state index contributed by atoms with van der Waals surface area (Å²) in [5.74, 6) is 0.543. The Bertz CT molecular complexity index is 1020. The quantitative estimate of drug-likeness (QED) is 0.610. The number of ether oxygens (including phenoxy) is 1. The van der Waals surface area contributed by atoms with Crippen LogP contribution in [0.4, 0.5) is 10.2 Å². The number of H-pyrrole nitrogens is 1. The Morgan fingerprint density at radius 1 is 1.30 bits per heavy atom. The molecule has 0 saturated carbocycles. The van der Waals surface area contributed by atoms with Gasteiger partial charge in [0, 0.05) is 36.3 Å². The van der Waals surface area contributed by atoms with Gasteiger partial charge in [-0.1, -0.05) is 0 Å². The molecule has 0 saturated heterocycles. The number of nitrogens with one attached hydrogen (secondary N) is 2. The van der Waals surface area contributed by atoms with E-state index in [0.29, 0.717) is 11.1 Å². The highest BCUT2D eigenvalue weighted by molar-refractivity contribution is 5.98. The van der Waals surface area contributed by atoms with Gasteiger partial charge in [-0.25, -0.2) is 8.91 Å². The van der Waals surface area contributed by atoms with Crippen molar-refractivity contribution in [2.24, 2.45) is 0 Å². The molecular weight excluding hydrogens is 297 g/mol. The molecule has 3 aromatic heterocycles. The number of rotatable bonds is 3. The van der Waals surface area contributed by atoms with Crippen LogP contribution in [-0.2, 0) is 0 Å². The van der Waals surface area contributed by atoms with Crippen LogP contribution in [0.2, 0.25) is 0 Å². The van der Waals surface area contributed by atoms with Gasteiger partial charge in [0.25, 0.3) is 0 Å². The Kier molecular flexibility index (Phi) is 2.94. The van der Waals surface area contributed by atoms with E-state index in [4.69, 9.17) is 4.74 Å². The molecule has 0 aliphatic carbocycles. The number of benzene rings is 1. The number of methoxy groups -OCH3 is 1. The van der Waals surface area contributed by atoms with Crippen LogP contribution >= 0.6 is 0 Å². The van der Waals surface area contributed by atoms with Gasteiger partial charge < -0.3 is 10.1 Å². The number of halogens is 1. The maximum Gasteiger partial charge on any atom is 0.167 e. The summed E-state index contributed by atoms with van der Waals surface area (Å²) >= 11 is 0. The first-order chi connectivity index (χ1) is 11.2. The normalized spacial score (nSPS) is 11.3. The Balaban J connectivity index is 2.02. The van der Waals surface area contributed by atoms with E-state index in [0.717, 1.165) is 22.3 Å². The average molecular weight is 311 g/mol. The van der Waals surface area contributed by atoms with Gasteiger partial charge in [-0.05, 0) is 17.7 Å². The summed E-state index contributed by atoms with van der Waals surface area (Å²) in [6.45, 7) is 0. The summed E-state index contributed by atoms with van der Waals surface area (Å²) in [6, 6.07) is 7.13. The fourth-order valence-electron chi connectivity index (χ4n) is 2.80. The minimum atomic E-state index is -0.427. The van der Waals surface area contributed by atoms with Gasteiger partial charge in [-0.3, -0.25) is 5.10 Å². The zero-order valence-corrected chi connectivity index (χ0v) is 12.6. The second-order valence-corrected chi connectivity index (χ2v) is 5.16. The molecule has 4 aromatic rings. The van der Waals surface area contributed by atoms with Crippen LogP contribution in [0.5, 0.6) is 5.75 Å². The predicted octanol–water partition coefficient (Wildman–Crippen LogP) is 3.07. The number of pyridine rings is 1. The number of anilines is 1. The summed E-state index contributed by atoms with van der Waals surface area (Å²) in [6.07, 6.45) is 3.51. The van der Waals surface area contributed by atoms with Crippen molar-refractivity contribution < 1.29 is 9.13 Å². The summed E-state index contributed by atoms with van der Waals surface area (Å²) in [5.41, 5.74) is 3.03. The van der Waals surface area contributed by atoms with Crippen LogP contribution in [0.1, 0.15) is 0 Å². The molecule has 0 aliphatic heterocycles. The molecule has 1 aromatic carbocycles. The standard InChI is InChI=1S/C16H14FN5O/c1-18-14-6-10-5-9(3-4-22(10)21-14)15-11-8-19-20-13(11)7-12(17)16(15)23-2/h3-8H,1-2H3,(H,18,21)(H,19,20). The van der Waals surface area contributed by atoms with Crippen molar-refractivity contribution in [3.63, 3.8) is 0 Å². The van der Waals surface area contributed by atoms with Crippen molar-refractivity contribution in [3.8, 4) is 16.9 Å². The number of nitrogens with zero attached hydrogens (tertiary/aromatic N) is 3. The van der Waals surface area contributed by atoms with E-state index >= 15 is 0 Å². The van der Waals surface area contributed by atoms with Gasteiger partial charge in [-0.2, -0.15) is 10.2 Å². The first-order valence-corrected chi connectivity index (χ1v) is 7.08. The van der Waals surface area contributed by atoms with Crippen molar-refractivity contribution in [1.29, 1.82) is 0 Å². The fraction of sp³-hybridized carbons (Fsp3) is 0.125. The molecule has 0 fully saturated rings. The van der Waals surface area contributed by atoms with E-state index in [1.165, 1.54) is 13.2 Å². The topological polar surface area (TPSA) is 67.2 Å². The second kappa shape index (κ2) is 4.98. The zero-order valence-electron chi connectivity index (χ0n) is 12.6. The highest BCUT2D eigenvalue weighted by Crippen LogP contribution is 2.38. The number of hydrogen-bond donors (Lipinski definition) is 2. The molecular formula is C16H14FN5O. The Morgan fingerprint density at radius 2 is 2.17 bits per heavy atom. The molecule has 6 nitrogen and oxygen atoms in total. The van der Waals surface area contributed by atoms with Crippen LogP contribution in [0, 0.1) is 5.82 Å². The molecule has 7 heteroatoms.